The lowest BCUT2D eigenvalue weighted by molar-refractivity contribution is -0.119. The van der Waals surface area contributed by atoms with Gasteiger partial charge in [-0.1, -0.05) is 48.0 Å². The zero-order valence-electron chi connectivity index (χ0n) is 17.0. The summed E-state index contributed by atoms with van der Waals surface area (Å²) in [6.45, 7) is 1.75. The molecule has 2 aromatic carbocycles. The number of hydrogen-bond donors (Lipinski definition) is 1. The predicted molar refractivity (Wildman–Crippen MR) is 118 cm³/mol. The van der Waals surface area contributed by atoms with Crippen LogP contribution in [-0.2, 0) is 20.9 Å². The number of nitrogens with one attached hydrogen (secondary N) is 1. The lowest BCUT2D eigenvalue weighted by atomic mass is 10.1. The van der Waals surface area contributed by atoms with Crippen molar-refractivity contribution in [3.05, 3.63) is 70.8 Å². The Morgan fingerprint density at radius 2 is 1.90 bits per heavy atom. The largest absolute Gasteiger partial charge is 0.450 e. The second-order valence-corrected chi connectivity index (χ2v) is 7.73. The van der Waals surface area contributed by atoms with E-state index in [1.165, 1.54) is 18.4 Å². The molecule has 0 aliphatic heterocycles. The average molecular weight is 436 g/mol. The third-order valence-electron chi connectivity index (χ3n) is 4.60. The highest BCUT2D eigenvalue weighted by molar-refractivity contribution is 7.14. The van der Waals surface area contributed by atoms with E-state index in [-0.39, 0.29) is 12.4 Å². The van der Waals surface area contributed by atoms with E-state index in [2.05, 4.69) is 10.3 Å². The third kappa shape index (κ3) is 4.65. The number of hydrogen-bond acceptors (Lipinski definition) is 7. The van der Waals surface area contributed by atoms with Gasteiger partial charge in [0.2, 0.25) is 5.76 Å². The van der Waals surface area contributed by atoms with Crippen molar-refractivity contribution in [2.45, 2.75) is 13.5 Å². The molecule has 0 radical (unpaired) electrons. The Kier molecular flexibility index (Phi) is 6.11. The fourth-order valence-electron chi connectivity index (χ4n) is 3.09. The Morgan fingerprint density at radius 3 is 2.68 bits per heavy atom. The Hall–Kier alpha value is -3.49. The minimum Gasteiger partial charge on any atom is -0.450 e. The molecule has 0 fully saturated rings. The van der Waals surface area contributed by atoms with Crippen molar-refractivity contribution >= 4 is 39.3 Å². The van der Waals surface area contributed by atoms with Crippen LogP contribution in [0.25, 0.3) is 22.2 Å². The second-order valence-electron chi connectivity index (χ2n) is 6.87. The number of ether oxygens (including phenoxy) is 2. The van der Waals surface area contributed by atoms with Gasteiger partial charge in [-0.15, -0.1) is 11.3 Å². The summed E-state index contributed by atoms with van der Waals surface area (Å²) in [6, 6.07) is 15.2. The minimum atomic E-state index is -0.724. The lowest BCUT2D eigenvalue weighted by Crippen LogP contribution is -2.21. The van der Waals surface area contributed by atoms with Crippen LogP contribution in [0.3, 0.4) is 0 Å². The van der Waals surface area contributed by atoms with Gasteiger partial charge in [0.05, 0.1) is 12.3 Å². The summed E-state index contributed by atoms with van der Waals surface area (Å²) < 4.78 is 16.0. The fourth-order valence-corrected chi connectivity index (χ4v) is 3.83. The molecule has 1 N–H and O–H groups in total. The zero-order chi connectivity index (χ0) is 21.8. The number of aryl methyl sites for hydroxylation is 1. The lowest BCUT2D eigenvalue weighted by Gasteiger charge is -2.05. The molecule has 0 bridgehead atoms. The highest BCUT2D eigenvalue weighted by Crippen LogP contribution is 2.27. The summed E-state index contributed by atoms with van der Waals surface area (Å²) in [5.41, 5.74) is 4.03. The van der Waals surface area contributed by atoms with Crippen LogP contribution in [0.15, 0.2) is 58.3 Å². The van der Waals surface area contributed by atoms with Gasteiger partial charge in [-0.3, -0.25) is 10.1 Å². The molecule has 0 unspecified atom stereocenters. The molecule has 2 aromatic heterocycles. The van der Waals surface area contributed by atoms with Crippen molar-refractivity contribution in [3.63, 3.8) is 0 Å². The molecule has 0 spiro atoms. The summed E-state index contributed by atoms with van der Waals surface area (Å²) in [7, 11) is 1.53. The van der Waals surface area contributed by atoms with Gasteiger partial charge in [-0.25, -0.2) is 9.78 Å². The molecule has 0 aliphatic carbocycles. The summed E-state index contributed by atoms with van der Waals surface area (Å²) in [5.74, 6) is -1.17. The Bertz CT molecular complexity index is 1230. The van der Waals surface area contributed by atoms with E-state index in [9.17, 15) is 9.59 Å². The Labute approximate surface area is 182 Å². The number of thiazole rings is 1. The molecule has 4 aromatic rings. The van der Waals surface area contributed by atoms with Crippen LogP contribution < -0.4 is 5.32 Å². The smallest absolute Gasteiger partial charge is 0.375 e. The first kappa shape index (κ1) is 20.8. The molecule has 0 atom stereocenters. The van der Waals surface area contributed by atoms with Crippen molar-refractivity contribution in [2.24, 2.45) is 0 Å². The van der Waals surface area contributed by atoms with Crippen LogP contribution in [0.5, 0.6) is 0 Å². The van der Waals surface area contributed by atoms with E-state index in [4.69, 9.17) is 13.9 Å². The van der Waals surface area contributed by atoms with Crippen molar-refractivity contribution in [1.82, 2.24) is 4.98 Å². The van der Waals surface area contributed by atoms with Crippen molar-refractivity contribution in [1.29, 1.82) is 0 Å². The van der Waals surface area contributed by atoms with Crippen LogP contribution in [0, 0.1) is 6.92 Å². The van der Waals surface area contributed by atoms with E-state index in [1.54, 1.807) is 6.07 Å². The number of rotatable bonds is 7. The number of benzene rings is 2. The molecule has 1 amide bonds. The van der Waals surface area contributed by atoms with Gasteiger partial charge in [0, 0.05) is 29.0 Å². The van der Waals surface area contributed by atoms with Crippen LogP contribution in [0.4, 0.5) is 5.13 Å². The van der Waals surface area contributed by atoms with Gasteiger partial charge in [-0.05, 0) is 13.0 Å². The Morgan fingerprint density at radius 1 is 1.13 bits per heavy atom. The third-order valence-corrected chi connectivity index (χ3v) is 5.36. The number of para-hydroxylation sites is 1. The molecule has 4 rings (SSSR count). The number of carbonyl (C=O) groups is 2. The number of esters is 1. The molecule has 31 heavy (non-hydrogen) atoms. The first-order valence-electron chi connectivity index (χ1n) is 9.54. The predicted octanol–water partition coefficient (Wildman–Crippen LogP) is 4.81. The number of aromatic nitrogens is 1. The number of carbonyl (C=O) groups excluding carboxylic acids is 2. The number of furan rings is 1. The molecule has 0 aliphatic rings. The number of nitrogens with zero attached hydrogens (tertiary/aromatic N) is 1. The summed E-state index contributed by atoms with van der Waals surface area (Å²) in [4.78, 5) is 29.2. The van der Waals surface area contributed by atoms with E-state index < -0.39 is 18.5 Å². The maximum atomic E-state index is 12.5. The van der Waals surface area contributed by atoms with Crippen LogP contribution in [-0.4, -0.2) is 30.6 Å². The van der Waals surface area contributed by atoms with Crippen LogP contribution in [0.2, 0.25) is 0 Å². The molecule has 7 nitrogen and oxygen atoms in total. The van der Waals surface area contributed by atoms with E-state index in [1.807, 2.05) is 54.8 Å². The summed E-state index contributed by atoms with van der Waals surface area (Å²) >= 11 is 1.30. The second kappa shape index (κ2) is 9.11. The first-order chi connectivity index (χ1) is 15.0. The molecule has 2 heterocycles. The number of fused-ring (bicyclic) bond motifs is 1. The zero-order valence-corrected chi connectivity index (χ0v) is 17.8. The minimum absolute atomic E-state index is 0.0340. The van der Waals surface area contributed by atoms with Crippen molar-refractivity contribution in [3.8, 4) is 11.3 Å². The topological polar surface area (TPSA) is 90.7 Å². The summed E-state index contributed by atoms with van der Waals surface area (Å²) in [5, 5.41) is 5.71. The first-order valence-corrected chi connectivity index (χ1v) is 10.4. The van der Waals surface area contributed by atoms with E-state index in [0.29, 0.717) is 16.3 Å². The normalized spacial score (nSPS) is 10.9. The van der Waals surface area contributed by atoms with Gasteiger partial charge >= 0.3 is 5.97 Å². The van der Waals surface area contributed by atoms with Crippen molar-refractivity contribution in [2.75, 3.05) is 19.0 Å². The maximum absolute atomic E-state index is 12.5. The fraction of sp³-hybridized carbons (Fsp3) is 0.174. The molecular weight excluding hydrogens is 416 g/mol. The van der Waals surface area contributed by atoms with Gasteiger partial charge in [0.15, 0.2) is 11.7 Å². The monoisotopic (exact) mass is 436 g/mol. The highest BCUT2D eigenvalue weighted by Gasteiger charge is 2.22. The molecule has 0 saturated carbocycles. The van der Waals surface area contributed by atoms with Crippen LogP contribution >= 0.6 is 11.3 Å². The standard InChI is InChI=1S/C23H20N2O5S/c1-14-7-9-15(10-8-14)18-13-31-23(24-18)25-20(26)12-29-22(27)21-17(11-28-2)16-5-3-4-6-19(16)30-21/h3-10,13H,11-12H2,1-2H3,(H,24,25,26). The van der Waals surface area contributed by atoms with Gasteiger partial charge < -0.3 is 13.9 Å². The highest BCUT2D eigenvalue weighted by atomic mass is 32.1. The maximum Gasteiger partial charge on any atom is 0.375 e. The van der Waals surface area contributed by atoms with Gasteiger partial charge in [-0.2, -0.15) is 0 Å². The van der Waals surface area contributed by atoms with E-state index in [0.717, 1.165) is 22.2 Å². The Balaban J connectivity index is 1.39. The molecule has 158 valence electrons. The van der Waals surface area contributed by atoms with E-state index >= 15 is 0 Å². The van der Waals surface area contributed by atoms with Crippen molar-refractivity contribution < 1.29 is 23.5 Å². The van der Waals surface area contributed by atoms with Gasteiger partial charge in [0.1, 0.15) is 5.58 Å². The number of methoxy groups -OCH3 is 1. The average Bonchev–Trinajstić information content (AvgIpc) is 3.38. The molecule has 8 heteroatoms. The summed E-state index contributed by atoms with van der Waals surface area (Å²) in [6.07, 6.45) is 0. The number of anilines is 1. The van der Waals surface area contributed by atoms with Crippen LogP contribution in [0.1, 0.15) is 21.7 Å². The molecule has 0 saturated heterocycles. The SMILES string of the molecule is COCc1c(C(=O)OCC(=O)Nc2nc(-c3ccc(C)cc3)cs2)oc2ccccc12. The quantitative estimate of drug-likeness (QED) is 0.418. The molecular formula is C23H20N2O5S. The van der Waals surface area contributed by atoms with Gasteiger partial charge in [0.25, 0.3) is 5.91 Å². The number of amides is 1.